The Morgan fingerprint density at radius 2 is 1.88 bits per heavy atom. The van der Waals surface area contributed by atoms with Gasteiger partial charge in [-0.05, 0) is 29.9 Å². The molecule has 0 amide bonds. The number of nitrogens with one attached hydrogen (secondary N) is 2. The molecule has 88 valence electrons. The topological polar surface area (TPSA) is 110 Å². The van der Waals surface area contributed by atoms with Gasteiger partial charge in [0.15, 0.2) is 5.11 Å². The van der Waals surface area contributed by atoms with Gasteiger partial charge in [0.2, 0.25) is 10.0 Å². The molecule has 0 unspecified atom stereocenters. The largest absolute Gasteiger partial charge is 0.358 e. The quantitative estimate of drug-likeness (QED) is 0.321. The Kier molecular flexibility index (Phi) is 4.19. The van der Waals surface area contributed by atoms with Crippen molar-refractivity contribution in [2.75, 3.05) is 0 Å². The van der Waals surface area contributed by atoms with Gasteiger partial charge in [-0.25, -0.2) is 19.4 Å². The van der Waals surface area contributed by atoms with Gasteiger partial charge in [0.05, 0.1) is 4.90 Å². The molecule has 1 aromatic rings. The Labute approximate surface area is 99.0 Å². The molecular formula is C8H12N4O2S2. The van der Waals surface area contributed by atoms with E-state index in [-0.39, 0.29) is 4.90 Å². The number of sulfonamides is 1. The van der Waals surface area contributed by atoms with Gasteiger partial charge in [0.1, 0.15) is 0 Å². The molecule has 6 nitrogen and oxygen atoms in total. The molecule has 6 N–H and O–H groups in total. The van der Waals surface area contributed by atoms with Crippen molar-refractivity contribution in [3.8, 4) is 0 Å². The number of primary sulfonamides is 1. The van der Waals surface area contributed by atoms with Crippen LogP contribution in [-0.4, -0.2) is 13.5 Å². The highest BCUT2D eigenvalue weighted by molar-refractivity contribution is 7.89. The van der Waals surface area contributed by atoms with E-state index in [1.54, 1.807) is 12.1 Å². The van der Waals surface area contributed by atoms with Crippen molar-refractivity contribution >= 4 is 27.4 Å². The third kappa shape index (κ3) is 3.74. The van der Waals surface area contributed by atoms with E-state index in [2.05, 4.69) is 10.7 Å². The summed E-state index contributed by atoms with van der Waals surface area (Å²) in [6, 6.07) is 6.16. The van der Waals surface area contributed by atoms with Crippen molar-refractivity contribution in [3.63, 3.8) is 0 Å². The standard InChI is InChI=1S/C8H12N4O2S2/c9-12-8(15)11-5-6-1-3-7(4-2-6)16(10,13)14/h1-4H,5,9H2,(H2,10,13,14)(H2,11,12,15). The molecule has 1 aromatic carbocycles. The maximum Gasteiger partial charge on any atom is 0.238 e. The summed E-state index contributed by atoms with van der Waals surface area (Å²) < 4.78 is 21.9. The molecule has 0 aliphatic carbocycles. The molecule has 0 spiro atoms. The molecule has 0 atom stereocenters. The van der Waals surface area contributed by atoms with Gasteiger partial charge in [-0.2, -0.15) is 0 Å². The summed E-state index contributed by atoms with van der Waals surface area (Å²) >= 11 is 4.78. The minimum atomic E-state index is -3.63. The number of nitrogens with two attached hydrogens (primary N) is 2. The highest BCUT2D eigenvalue weighted by atomic mass is 32.2. The lowest BCUT2D eigenvalue weighted by atomic mass is 10.2. The zero-order valence-electron chi connectivity index (χ0n) is 8.30. The van der Waals surface area contributed by atoms with E-state index in [1.807, 2.05) is 0 Å². The Morgan fingerprint density at radius 3 is 2.31 bits per heavy atom. The Bertz CT molecular complexity index is 469. The molecule has 0 aliphatic rings. The van der Waals surface area contributed by atoms with Crippen LogP contribution in [-0.2, 0) is 16.6 Å². The summed E-state index contributed by atoms with van der Waals surface area (Å²) in [7, 11) is -3.63. The first-order valence-corrected chi connectivity index (χ1v) is 6.25. The minimum absolute atomic E-state index is 0.0794. The average molecular weight is 260 g/mol. The second-order valence-electron chi connectivity index (χ2n) is 3.02. The number of benzene rings is 1. The number of rotatable bonds is 3. The van der Waals surface area contributed by atoms with Crippen LogP contribution in [0, 0.1) is 0 Å². The molecular weight excluding hydrogens is 248 g/mol. The summed E-state index contributed by atoms with van der Waals surface area (Å²) in [5.41, 5.74) is 3.14. The third-order valence-electron chi connectivity index (χ3n) is 1.84. The second kappa shape index (κ2) is 5.21. The van der Waals surface area contributed by atoms with Crippen molar-refractivity contribution < 1.29 is 8.42 Å². The lowest BCUT2D eigenvalue weighted by Crippen LogP contribution is -2.39. The maximum atomic E-state index is 11.0. The summed E-state index contributed by atoms with van der Waals surface area (Å²) in [6.07, 6.45) is 0. The van der Waals surface area contributed by atoms with E-state index in [0.29, 0.717) is 11.7 Å². The summed E-state index contributed by atoms with van der Waals surface area (Å²) in [5, 5.41) is 8.10. The minimum Gasteiger partial charge on any atom is -0.358 e. The fourth-order valence-electron chi connectivity index (χ4n) is 1.03. The number of hydrogen-bond donors (Lipinski definition) is 4. The lowest BCUT2D eigenvalue weighted by Gasteiger charge is -2.07. The second-order valence-corrected chi connectivity index (χ2v) is 4.99. The van der Waals surface area contributed by atoms with Crippen LogP contribution < -0.4 is 21.7 Å². The van der Waals surface area contributed by atoms with E-state index < -0.39 is 10.0 Å². The zero-order valence-corrected chi connectivity index (χ0v) is 9.94. The fourth-order valence-corrected chi connectivity index (χ4v) is 1.62. The van der Waals surface area contributed by atoms with Crippen molar-refractivity contribution in [2.24, 2.45) is 11.0 Å². The lowest BCUT2D eigenvalue weighted by molar-refractivity contribution is 0.597. The molecule has 0 bridgehead atoms. The van der Waals surface area contributed by atoms with E-state index >= 15 is 0 Å². The van der Waals surface area contributed by atoms with Crippen LogP contribution in [0.15, 0.2) is 29.2 Å². The molecule has 16 heavy (non-hydrogen) atoms. The van der Waals surface area contributed by atoms with Crippen LogP contribution >= 0.6 is 12.2 Å². The molecule has 0 heterocycles. The number of thiocarbonyl (C=S) groups is 1. The van der Waals surface area contributed by atoms with E-state index in [1.165, 1.54) is 12.1 Å². The third-order valence-corrected chi connectivity index (χ3v) is 3.03. The summed E-state index contributed by atoms with van der Waals surface area (Å²) in [6.45, 7) is 0.452. The van der Waals surface area contributed by atoms with Gasteiger partial charge >= 0.3 is 0 Å². The predicted octanol–water partition coefficient (Wildman–Crippen LogP) is -0.828. The summed E-state index contributed by atoms with van der Waals surface area (Å²) in [5.74, 6) is 5.07. The van der Waals surface area contributed by atoms with Gasteiger partial charge in [0.25, 0.3) is 0 Å². The predicted molar refractivity (Wildman–Crippen MR) is 64.6 cm³/mol. The van der Waals surface area contributed by atoms with Gasteiger partial charge in [0, 0.05) is 6.54 Å². The molecule has 0 aromatic heterocycles. The van der Waals surface area contributed by atoms with Gasteiger partial charge in [-0.3, -0.25) is 0 Å². The zero-order chi connectivity index (χ0) is 12.2. The van der Waals surface area contributed by atoms with Gasteiger partial charge in [-0.15, -0.1) is 0 Å². The van der Waals surface area contributed by atoms with Crippen molar-refractivity contribution in [3.05, 3.63) is 29.8 Å². The number of hydrazine groups is 1. The first kappa shape index (κ1) is 12.8. The maximum absolute atomic E-state index is 11.0. The molecule has 0 aliphatic heterocycles. The van der Waals surface area contributed by atoms with Crippen LogP contribution in [0.1, 0.15) is 5.56 Å². The Morgan fingerprint density at radius 1 is 1.31 bits per heavy atom. The van der Waals surface area contributed by atoms with E-state index in [0.717, 1.165) is 5.56 Å². The smallest absolute Gasteiger partial charge is 0.238 e. The monoisotopic (exact) mass is 260 g/mol. The summed E-state index contributed by atoms with van der Waals surface area (Å²) in [4.78, 5) is 0.0794. The Balaban J connectivity index is 2.69. The SMILES string of the molecule is NNC(=S)NCc1ccc(S(N)(=O)=O)cc1. The van der Waals surface area contributed by atoms with E-state index in [9.17, 15) is 8.42 Å². The van der Waals surface area contributed by atoms with Crippen LogP contribution in [0.4, 0.5) is 0 Å². The van der Waals surface area contributed by atoms with Crippen molar-refractivity contribution in [1.82, 2.24) is 10.7 Å². The van der Waals surface area contributed by atoms with Crippen molar-refractivity contribution in [1.29, 1.82) is 0 Å². The normalized spacial score (nSPS) is 10.9. The number of hydrogen-bond acceptors (Lipinski definition) is 4. The van der Waals surface area contributed by atoms with Crippen LogP contribution in [0.5, 0.6) is 0 Å². The highest BCUT2D eigenvalue weighted by Gasteiger charge is 2.06. The van der Waals surface area contributed by atoms with Crippen LogP contribution in [0.25, 0.3) is 0 Å². The Hall–Kier alpha value is -1.22. The average Bonchev–Trinajstić information content (AvgIpc) is 2.25. The fraction of sp³-hybridized carbons (Fsp3) is 0.125. The molecule has 0 fully saturated rings. The van der Waals surface area contributed by atoms with E-state index in [4.69, 9.17) is 23.2 Å². The molecule has 0 radical (unpaired) electrons. The van der Waals surface area contributed by atoms with Gasteiger partial charge in [-0.1, -0.05) is 12.1 Å². The highest BCUT2D eigenvalue weighted by Crippen LogP contribution is 2.08. The van der Waals surface area contributed by atoms with Gasteiger partial charge < -0.3 is 10.7 Å². The van der Waals surface area contributed by atoms with Crippen molar-refractivity contribution in [2.45, 2.75) is 11.4 Å². The molecule has 8 heteroatoms. The van der Waals surface area contributed by atoms with Crippen LogP contribution in [0.3, 0.4) is 0 Å². The first-order valence-electron chi connectivity index (χ1n) is 4.29. The molecule has 1 rings (SSSR count). The first-order chi connectivity index (χ1) is 7.43. The molecule has 0 saturated carbocycles. The molecule has 0 saturated heterocycles. The van der Waals surface area contributed by atoms with Crippen LogP contribution in [0.2, 0.25) is 0 Å².